The summed E-state index contributed by atoms with van der Waals surface area (Å²) in [5.74, 6) is -0.184. The molecule has 0 spiro atoms. The Labute approximate surface area is 124 Å². The lowest BCUT2D eigenvalue weighted by molar-refractivity contribution is 0.501. The average molecular weight is 292 g/mol. The second-order valence-electron chi connectivity index (χ2n) is 5.18. The molecule has 0 bridgehead atoms. The van der Waals surface area contributed by atoms with Crippen molar-refractivity contribution in [3.63, 3.8) is 0 Å². The van der Waals surface area contributed by atoms with Crippen LogP contribution in [0.4, 0.5) is 4.39 Å². The molecule has 0 aliphatic rings. The van der Waals surface area contributed by atoms with Crippen LogP contribution in [0.3, 0.4) is 0 Å². The molecule has 0 fully saturated rings. The van der Waals surface area contributed by atoms with Crippen molar-refractivity contribution in [2.45, 2.75) is 46.2 Å². The highest BCUT2D eigenvalue weighted by atomic mass is 32.1. The minimum Gasteiger partial charge on any atom is -0.302 e. The van der Waals surface area contributed by atoms with E-state index in [2.05, 4.69) is 38.0 Å². The number of aryl methyl sites for hydroxylation is 2. The number of rotatable bonds is 5. The monoisotopic (exact) mass is 292 g/mol. The third-order valence-electron chi connectivity index (χ3n) is 3.21. The van der Waals surface area contributed by atoms with Gasteiger partial charge in [-0.25, -0.2) is 9.37 Å². The zero-order valence-corrected chi connectivity index (χ0v) is 13.2. The number of aromatic nitrogens is 1. The lowest BCUT2D eigenvalue weighted by atomic mass is 10.1. The fourth-order valence-electron chi connectivity index (χ4n) is 2.24. The number of hydrogen-bond donors (Lipinski definition) is 1. The standard InChI is InChI=1S/C16H21FN2S/c1-5-14-11(4)20-16(19-14)15(18-10(2)3)12-8-6-7-9-13(12)17/h6-10,15,18H,5H2,1-4H3. The van der Waals surface area contributed by atoms with E-state index in [0.29, 0.717) is 5.56 Å². The van der Waals surface area contributed by atoms with Crippen LogP contribution in [-0.2, 0) is 6.42 Å². The summed E-state index contributed by atoms with van der Waals surface area (Å²) in [6, 6.07) is 7.00. The van der Waals surface area contributed by atoms with Crippen molar-refractivity contribution in [2.75, 3.05) is 0 Å². The summed E-state index contributed by atoms with van der Waals surface area (Å²) in [4.78, 5) is 5.91. The predicted octanol–water partition coefficient (Wildman–Crippen LogP) is 4.24. The first-order chi connectivity index (χ1) is 9.52. The summed E-state index contributed by atoms with van der Waals surface area (Å²) < 4.78 is 14.1. The summed E-state index contributed by atoms with van der Waals surface area (Å²) in [7, 11) is 0. The second kappa shape index (κ2) is 6.46. The molecule has 2 aromatic rings. The average Bonchev–Trinajstić information content (AvgIpc) is 2.78. The third kappa shape index (κ3) is 3.25. The molecule has 20 heavy (non-hydrogen) atoms. The quantitative estimate of drug-likeness (QED) is 0.891. The molecule has 1 heterocycles. The van der Waals surface area contributed by atoms with E-state index in [-0.39, 0.29) is 17.9 Å². The van der Waals surface area contributed by atoms with Gasteiger partial charge in [-0.3, -0.25) is 0 Å². The Kier molecular flexibility index (Phi) is 4.89. The predicted molar refractivity (Wildman–Crippen MR) is 82.7 cm³/mol. The van der Waals surface area contributed by atoms with Crippen LogP contribution in [0.15, 0.2) is 24.3 Å². The van der Waals surface area contributed by atoms with Crippen molar-refractivity contribution < 1.29 is 4.39 Å². The lowest BCUT2D eigenvalue weighted by Crippen LogP contribution is -2.29. The van der Waals surface area contributed by atoms with Gasteiger partial charge in [-0.1, -0.05) is 25.1 Å². The molecule has 0 aliphatic carbocycles. The van der Waals surface area contributed by atoms with Crippen molar-refractivity contribution in [1.82, 2.24) is 10.3 Å². The van der Waals surface area contributed by atoms with Crippen molar-refractivity contribution in [3.8, 4) is 0 Å². The van der Waals surface area contributed by atoms with Gasteiger partial charge in [-0.15, -0.1) is 11.3 Å². The summed E-state index contributed by atoms with van der Waals surface area (Å²) >= 11 is 1.65. The van der Waals surface area contributed by atoms with Crippen molar-refractivity contribution >= 4 is 11.3 Å². The Morgan fingerprint density at radius 1 is 1.30 bits per heavy atom. The highest BCUT2D eigenvalue weighted by Crippen LogP contribution is 2.30. The molecule has 108 valence electrons. The van der Waals surface area contributed by atoms with Crippen LogP contribution in [0.5, 0.6) is 0 Å². The molecular weight excluding hydrogens is 271 g/mol. The molecule has 0 radical (unpaired) electrons. The van der Waals surface area contributed by atoms with E-state index in [1.165, 1.54) is 10.9 Å². The lowest BCUT2D eigenvalue weighted by Gasteiger charge is -2.20. The molecule has 1 unspecified atom stereocenters. The van der Waals surface area contributed by atoms with E-state index in [9.17, 15) is 4.39 Å². The van der Waals surface area contributed by atoms with Crippen molar-refractivity contribution in [2.24, 2.45) is 0 Å². The zero-order chi connectivity index (χ0) is 14.7. The summed E-state index contributed by atoms with van der Waals surface area (Å²) in [5.41, 5.74) is 1.77. The number of nitrogens with one attached hydrogen (secondary N) is 1. The second-order valence-corrected chi connectivity index (χ2v) is 6.42. The molecule has 0 saturated carbocycles. The summed E-state index contributed by atoms with van der Waals surface area (Å²) in [6.45, 7) is 8.30. The van der Waals surface area contributed by atoms with Crippen molar-refractivity contribution in [1.29, 1.82) is 0 Å². The molecule has 0 aliphatic heterocycles. The smallest absolute Gasteiger partial charge is 0.128 e. The van der Waals surface area contributed by atoms with Gasteiger partial charge in [-0.05, 0) is 33.3 Å². The first kappa shape index (κ1) is 15.1. The molecular formula is C16H21FN2S. The number of thiazole rings is 1. The van der Waals surface area contributed by atoms with Gasteiger partial charge in [0, 0.05) is 16.5 Å². The van der Waals surface area contributed by atoms with Gasteiger partial charge >= 0.3 is 0 Å². The maximum absolute atomic E-state index is 14.1. The van der Waals surface area contributed by atoms with Gasteiger partial charge in [0.25, 0.3) is 0 Å². The van der Waals surface area contributed by atoms with Gasteiger partial charge < -0.3 is 5.32 Å². The molecule has 4 heteroatoms. The van der Waals surface area contributed by atoms with E-state index in [4.69, 9.17) is 0 Å². The number of benzene rings is 1. The highest BCUT2D eigenvalue weighted by Gasteiger charge is 2.22. The van der Waals surface area contributed by atoms with E-state index < -0.39 is 0 Å². The van der Waals surface area contributed by atoms with Crippen LogP contribution >= 0.6 is 11.3 Å². The first-order valence-electron chi connectivity index (χ1n) is 6.99. The Hall–Kier alpha value is -1.26. The molecule has 1 aromatic heterocycles. The summed E-state index contributed by atoms with van der Waals surface area (Å²) in [6.07, 6.45) is 0.911. The normalized spacial score (nSPS) is 12.9. The molecule has 1 atom stereocenters. The molecule has 0 saturated heterocycles. The van der Waals surface area contributed by atoms with E-state index in [0.717, 1.165) is 17.1 Å². The maximum atomic E-state index is 14.1. The topological polar surface area (TPSA) is 24.9 Å². The molecule has 2 rings (SSSR count). The maximum Gasteiger partial charge on any atom is 0.128 e. The molecule has 0 amide bonds. The Morgan fingerprint density at radius 3 is 2.55 bits per heavy atom. The van der Waals surface area contributed by atoms with Gasteiger partial charge in [0.15, 0.2) is 0 Å². The van der Waals surface area contributed by atoms with Crippen LogP contribution in [0.1, 0.15) is 48.0 Å². The van der Waals surface area contributed by atoms with Crippen LogP contribution < -0.4 is 5.32 Å². The van der Waals surface area contributed by atoms with Crippen LogP contribution in [-0.4, -0.2) is 11.0 Å². The first-order valence-corrected chi connectivity index (χ1v) is 7.81. The van der Waals surface area contributed by atoms with E-state index in [1.54, 1.807) is 17.4 Å². The minimum absolute atomic E-state index is 0.180. The number of nitrogens with zero attached hydrogens (tertiary/aromatic N) is 1. The fraction of sp³-hybridized carbons (Fsp3) is 0.438. The van der Waals surface area contributed by atoms with Crippen molar-refractivity contribution in [3.05, 3.63) is 51.2 Å². The molecule has 2 nitrogen and oxygen atoms in total. The minimum atomic E-state index is -0.184. The van der Waals surface area contributed by atoms with Gasteiger partial charge in [0.05, 0.1) is 11.7 Å². The Bertz CT molecular complexity index is 578. The third-order valence-corrected chi connectivity index (χ3v) is 4.29. The van der Waals surface area contributed by atoms with E-state index >= 15 is 0 Å². The Balaban J connectivity index is 2.44. The summed E-state index contributed by atoms with van der Waals surface area (Å²) in [5, 5.41) is 4.37. The highest BCUT2D eigenvalue weighted by molar-refractivity contribution is 7.11. The van der Waals surface area contributed by atoms with Gasteiger partial charge in [0.2, 0.25) is 0 Å². The number of halogens is 1. The zero-order valence-electron chi connectivity index (χ0n) is 12.4. The van der Waals surface area contributed by atoms with Crippen LogP contribution in [0.25, 0.3) is 0 Å². The largest absolute Gasteiger partial charge is 0.302 e. The SMILES string of the molecule is CCc1nc(C(NC(C)C)c2ccccc2F)sc1C. The van der Waals surface area contributed by atoms with Crippen LogP contribution in [0.2, 0.25) is 0 Å². The fourth-order valence-corrected chi connectivity index (χ4v) is 3.33. The number of hydrogen-bond acceptors (Lipinski definition) is 3. The van der Waals surface area contributed by atoms with Gasteiger partial charge in [0.1, 0.15) is 10.8 Å². The molecule has 1 N–H and O–H groups in total. The molecule has 1 aromatic carbocycles. The Morgan fingerprint density at radius 2 is 2.00 bits per heavy atom. The van der Waals surface area contributed by atoms with Crippen LogP contribution in [0, 0.1) is 12.7 Å². The van der Waals surface area contributed by atoms with Gasteiger partial charge in [-0.2, -0.15) is 0 Å². The van der Waals surface area contributed by atoms with E-state index in [1.807, 2.05) is 12.1 Å².